The number of rotatable bonds is 1. The van der Waals surface area contributed by atoms with Crippen LogP contribution in [0.25, 0.3) is 0 Å². The lowest BCUT2D eigenvalue weighted by Crippen LogP contribution is -2.20. The molecule has 0 saturated carbocycles. The number of hydrogen-bond acceptors (Lipinski definition) is 2. The number of anilines is 1. The van der Waals surface area contributed by atoms with Crippen molar-refractivity contribution < 1.29 is 18.0 Å². The van der Waals surface area contributed by atoms with Crippen molar-refractivity contribution in [2.75, 3.05) is 5.01 Å². The van der Waals surface area contributed by atoms with Gasteiger partial charge in [-0.05, 0) is 18.2 Å². The summed E-state index contributed by atoms with van der Waals surface area (Å²) < 4.78 is 37.2. The van der Waals surface area contributed by atoms with Crippen LogP contribution in [0.1, 0.15) is 12.0 Å². The van der Waals surface area contributed by atoms with Gasteiger partial charge in [0.05, 0.1) is 23.9 Å². The third-order valence-corrected chi connectivity index (χ3v) is 2.06. The van der Waals surface area contributed by atoms with Gasteiger partial charge in [0.2, 0.25) is 0 Å². The van der Waals surface area contributed by atoms with Crippen molar-refractivity contribution in [1.82, 2.24) is 0 Å². The van der Waals surface area contributed by atoms with Crippen LogP contribution in [-0.2, 0) is 11.0 Å². The Morgan fingerprint density at radius 3 is 2.69 bits per heavy atom. The normalized spacial score (nSPS) is 15.9. The molecule has 0 atom stereocenters. The van der Waals surface area contributed by atoms with Crippen molar-refractivity contribution in [3.05, 3.63) is 29.8 Å². The van der Waals surface area contributed by atoms with E-state index in [9.17, 15) is 18.0 Å². The summed E-state index contributed by atoms with van der Waals surface area (Å²) in [5, 5.41) is 4.49. The topological polar surface area (TPSA) is 32.7 Å². The van der Waals surface area contributed by atoms with Gasteiger partial charge in [0, 0.05) is 0 Å². The van der Waals surface area contributed by atoms with Gasteiger partial charge in [0.1, 0.15) is 0 Å². The Kier molecular flexibility index (Phi) is 2.41. The van der Waals surface area contributed by atoms with Gasteiger partial charge in [-0.1, -0.05) is 6.07 Å². The first-order chi connectivity index (χ1) is 7.48. The lowest BCUT2D eigenvalue weighted by atomic mass is 10.2. The molecule has 2 rings (SSSR count). The first-order valence-corrected chi connectivity index (χ1v) is 4.42. The number of alkyl halides is 3. The van der Waals surface area contributed by atoms with Crippen LogP contribution >= 0.6 is 0 Å². The molecular weight excluding hydrogens is 221 g/mol. The second-order valence-electron chi connectivity index (χ2n) is 3.19. The Bertz CT molecular complexity index is 454. The standard InChI is InChI=1S/C10H6F3N2O/c11-10(12,13)7-2-1-3-8(6-7)15-9(16)4-5-14-15/h1-3,6H,4H2. The van der Waals surface area contributed by atoms with E-state index >= 15 is 0 Å². The summed E-state index contributed by atoms with van der Waals surface area (Å²) in [5.41, 5.74) is -0.704. The number of hydrogen-bond donors (Lipinski definition) is 0. The molecule has 0 aliphatic carbocycles. The maximum atomic E-state index is 12.4. The molecule has 1 amide bonds. The number of benzene rings is 1. The number of carbonyl (C=O) groups excluding carboxylic acids is 1. The summed E-state index contributed by atoms with van der Waals surface area (Å²) in [6, 6.07) is 4.45. The summed E-state index contributed by atoms with van der Waals surface area (Å²) in [6.07, 6.45) is -2.03. The molecule has 1 radical (unpaired) electrons. The van der Waals surface area contributed by atoms with Gasteiger partial charge in [0.25, 0.3) is 5.91 Å². The van der Waals surface area contributed by atoms with Gasteiger partial charge in [-0.25, -0.2) is 5.01 Å². The number of halogens is 3. The average Bonchev–Trinajstić information content (AvgIpc) is 2.63. The van der Waals surface area contributed by atoms with Crippen LogP contribution in [0, 0.1) is 0 Å². The first-order valence-electron chi connectivity index (χ1n) is 4.42. The van der Waals surface area contributed by atoms with Gasteiger partial charge in [0.15, 0.2) is 0 Å². The smallest absolute Gasteiger partial charge is 0.272 e. The second-order valence-corrected chi connectivity index (χ2v) is 3.19. The van der Waals surface area contributed by atoms with E-state index in [4.69, 9.17) is 0 Å². The summed E-state index contributed by atoms with van der Waals surface area (Å²) >= 11 is 0. The van der Waals surface area contributed by atoms with Crippen molar-refractivity contribution in [1.29, 1.82) is 0 Å². The molecule has 1 aliphatic heterocycles. The van der Waals surface area contributed by atoms with E-state index in [-0.39, 0.29) is 18.0 Å². The minimum Gasteiger partial charge on any atom is -0.272 e. The molecule has 16 heavy (non-hydrogen) atoms. The molecule has 1 heterocycles. The first kappa shape index (κ1) is 10.7. The van der Waals surface area contributed by atoms with Crippen molar-refractivity contribution >= 4 is 17.8 Å². The highest BCUT2D eigenvalue weighted by atomic mass is 19.4. The highest BCUT2D eigenvalue weighted by molar-refractivity contribution is 6.05. The van der Waals surface area contributed by atoms with E-state index < -0.39 is 11.7 Å². The van der Waals surface area contributed by atoms with Crippen molar-refractivity contribution in [3.63, 3.8) is 0 Å². The minimum atomic E-state index is -4.42. The predicted molar refractivity (Wildman–Crippen MR) is 51.0 cm³/mol. The molecule has 0 saturated heterocycles. The number of amides is 1. The van der Waals surface area contributed by atoms with Crippen LogP contribution in [-0.4, -0.2) is 12.1 Å². The molecule has 1 aromatic rings. The van der Waals surface area contributed by atoms with Crippen molar-refractivity contribution in [2.45, 2.75) is 12.6 Å². The summed E-state index contributed by atoms with van der Waals surface area (Å²) in [5.74, 6) is -0.390. The number of hydrazone groups is 1. The lowest BCUT2D eigenvalue weighted by Gasteiger charge is -2.14. The van der Waals surface area contributed by atoms with Crippen LogP contribution in [0.5, 0.6) is 0 Å². The molecular formula is C10H6F3N2O. The molecule has 6 heteroatoms. The molecule has 1 aromatic carbocycles. The molecule has 83 valence electrons. The van der Waals surface area contributed by atoms with Gasteiger partial charge in [-0.3, -0.25) is 4.79 Å². The fraction of sp³-hybridized carbons (Fsp3) is 0.200. The quantitative estimate of drug-likeness (QED) is 0.724. The van der Waals surface area contributed by atoms with E-state index in [0.29, 0.717) is 0 Å². The van der Waals surface area contributed by atoms with Gasteiger partial charge < -0.3 is 0 Å². The lowest BCUT2D eigenvalue weighted by molar-refractivity contribution is -0.137. The Labute approximate surface area is 89.2 Å². The van der Waals surface area contributed by atoms with Crippen LogP contribution in [0.15, 0.2) is 29.4 Å². The summed E-state index contributed by atoms with van der Waals surface area (Å²) in [7, 11) is 0. The largest absolute Gasteiger partial charge is 0.416 e. The zero-order chi connectivity index (χ0) is 11.8. The molecule has 0 unspecified atom stereocenters. The van der Waals surface area contributed by atoms with E-state index in [2.05, 4.69) is 11.3 Å². The molecule has 0 N–H and O–H groups in total. The van der Waals surface area contributed by atoms with Crippen LogP contribution < -0.4 is 5.01 Å². The second kappa shape index (κ2) is 3.62. The molecule has 0 fully saturated rings. The Balaban J connectivity index is 2.36. The van der Waals surface area contributed by atoms with Gasteiger partial charge in [-0.2, -0.15) is 18.3 Å². The van der Waals surface area contributed by atoms with E-state index in [1.54, 1.807) is 0 Å². The van der Waals surface area contributed by atoms with Crippen molar-refractivity contribution in [2.24, 2.45) is 5.10 Å². The van der Waals surface area contributed by atoms with Crippen LogP contribution in [0.3, 0.4) is 0 Å². The number of nitrogens with zero attached hydrogens (tertiary/aromatic N) is 2. The fourth-order valence-electron chi connectivity index (χ4n) is 1.32. The molecule has 0 bridgehead atoms. The number of carbonyl (C=O) groups is 1. The van der Waals surface area contributed by atoms with Gasteiger partial charge >= 0.3 is 6.18 Å². The van der Waals surface area contributed by atoms with E-state index in [1.807, 2.05) is 0 Å². The van der Waals surface area contributed by atoms with Crippen LogP contribution in [0.4, 0.5) is 18.9 Å². The molecule has 3 nitrogen and oxygen atoms in total. The van der Waals surface area contributed by atoms with E-state index in [1.165, 1.54) is 12.1 Å². The summed E-state index contributed by atoms with van der Waals surface area (Å²) in [6.45, 7) is 0. The minimum absolute atomic E-state index is 0.00372. The monoisotopic (exact) mass is 227 g/mol. The van der Waals surface area contributed by atoms with E-state index in [0.717, 1.165) is 17.1 Å². The molecule has 1 aliphatic rings. The molecule has 0 spiro atoms. The zero-order valence-corrected chi connectivity index (χ0v) is 7.95. The highest BCUT2D eigenvalue weighted by Crippen LogP contribution is 2.32. The third-order valence-electron chi connectivity index (χ3n) is 2.06. The Morgan fingerprint density at radius 2 is 2.12 bits per heavy atom. The van der Waals surface area contributed by atoms with Crippen LogP contribution in [0.2, 0.25) is 0 Å². The SMILES string of the molecule is O=C1C[C]=NN1c1cccc(C(F)(F)F)c1. The average molecular weight is 227 g/mol. The maximum Gasteiger partial charge on any atom is 0.416 e. The Hall–Kier alpha value is -1.85. The van der Waals surface area contributed by atoms with Crippen molar-refractivity contribution in [3.8, 4) is 0 Å². The highest BCUT2D eigenvalue weighted by Gasteiger charge is 2.31. The predicted octanol–water partition coefficient (Wildman–Crippen LogP) is 2.30. The fourth-order valence-corrected chi connectivity index (χ4v) is 1.32. The zero-order valence-electron chi connectivity index (χ0n) is 7.95. The maximum absolute atomic E-state index is 12.4. The Morgan fingerprint density at radius 1 is 1.38 bits per heavy atom. The third kappa shape index (κ3) is 1.91. The van der Waals surface area contributed by atoms with Gasteiger partial charge in [-0.15, -0.1) is 0 Å². The molecule has 0 aromatic heterocycles. The summed E-state index contributed by atoms with van der Waals surface area (Å²) in [4.78, 5) is 11.2.